The Kier molecular flexibility index (Phi) is 5.79. The van der Waals surface area contributed by atoms with E-state index in [4.69, 9.17) is 0 Å². The maximum Gasteiger partial charge on any atom is 0.416 e. The van der Waals surface area contributed by atoms with Gasteiger partial charge in [0, 0.05) is 28.2 Å². The second-order valence-corrected chi connectivity index (χ2v) is 9.38. The van der Waals surface area contributed by atoms with Crippen LogP contribution in [0.5, 0.6) is 0 Å². The summed E-state index contributed by atoms with van der Waals surface area (Å²) in [6.45, 7) is 0. The molecule has 0 fully saturated rings. The van der Waals surface area contributed by atoms with Crippen molar-refractivity contribution in [3.8, 4) is 22.5 Å². The average molecular weight is 535 g/mol. The molecule has 8 heteroatoms. The first kappa shape index (κ1) is 24.9. The molecule has 2 nitrogen and oxygen atoms in total. The predicted octanol–water partition coefficient (Wildman–Crippen LogP) is 9.61. The van der Waals surface area contributed by atoms with Crippen LogP contribution in [0.15, 0.2) is 97.1 Å². The van der Waals surface area contributed by atoms with E-state index in [2.05, 4.69) is 9.97 Å². The number of para-hydroxylation sites is 2. The smallest absolute Gasteiger partial charge is 0.354 e. The molecule has 196 valence electrons. The fraction of sp³-hybridized carbons (Fsp3) is 0.0968. The summed E-state index contributed by atoms with van der Waals surface area (Å²) in [5, 5.41) is 1.83. The minimum Gasteiger partial charge on any atom is -0.354 e. The number of hydrogen-bond acceptors (Lipinski definition) is 0. The minimum absolute atomic E-state index is 0.390. The Morgan fingerprint density at radius 3 is 1.18 bits per heavy atom. The van der Waals surface area contributed by atoms with Gasteiger partial charge in [0.2, 0.25) is 0 Å². The van der Waals surface area contributed by atoms with Crippen molar-refractivity contribution < 1.29 is 26.3 Å². The van der Waals surface area contributed by atoms with Crippen LogP contribution in [0.25, 0.3) is 44.3 Å². The standard InChI is InChI=1S/C31H20F6N2/c32-30(33,34)20-13-9-18(10-14-20)28-24(22-5-1-3-7-26(22)38-28)17-25-23-6-2-4-8-27(23)39-29(25)19-11-15-21(16-12-19)31(35,36)37/h1-16,38-39H,17H2. The van der Waals surface area contributed by atoms with E-state index in [9.17, 15) is 26.3 Å². The normalized spacial score (nSPS) is 12.5. The summed E-state index contributed by atoms with van der Waals surface area (Å²) in [5.41, 5.74) is 4.54. The molecule has 0 aliphatic heterocycles. The largest absolute Gasteiger partial charge is 0.416 e. The Morgan fingerprint density at radius 2 is 0.821 bits per heavy atom. The van der Waals surface area contributed by atoms with Crippen molar-refractivity contribution in [3.63, 3.8) is 0 Å². The molecule has 0 saturated heterocycles. The van der Waals surface area contributed by atoms with Crippen LogP contribution >= 0.6 is 0 Å². The Hall–Kier alpha value is -4.46. The molecular weight excluding hydrogens is 514 g/mol. The molecule has 2 heterocycles. The number of benzene rings is 4. The van der Waals surface area contributed by atoms with E-state index in [0.29, 0.717) is 28.9 Å². The van der Waals surface area contributed by atoms with Gasteiger partial charge in [0.05, 0.1) is 22.5 Å². The van der Waals surface area contributed by atoms with E-state index in [0.717, 1.165) is 57.2 Å². The van der Waals surface area contributed by atoms with Crippen molar-refractivity contribution in [1.82, 2.24) is 9.97 Å². The van der Waals surface area contributed by atoms with E-state index in [-0.39, 0.29) is 0 Å². The molecule has 6 aromatic rings. The van der Waals surface area contributed by atoms with Crippen LogP contribution in [-0.4, -0.2) is 9.97 Å². The van der Waals surface area contributed by atoms with Gasteiger partial charge in [-0.3, -0.25) is 0 Å². The SMILES string of the molecule is FC(F)(F)c1ccc(-c2[nH]c3ccccc3c2Cc2c(-c3ccc(C(F)(F)F)cc3)[nH]c3ccccc23)cc1. The van der Waals surface area contributed by atoms with Gasteiger partial charge in [0.25, 0.3) is 0 Å². The fourth-order valence-electron chi connectivity index (χ4n) is 5.09. The van der Waals surface area contributed by atoms with Crippen LogP contribution in [0.1, 0.15) is 22.3 Å². The molecule has 0 aliphatic carbocycles. The van der Waals surface area contributed by atoms with Gasteiger partial charge in [-0.15, -0.1) is 0 Å². The molecule has 2 aromatic heterocycles. The highest BCUT2D eigenvalue weighted by Gasteiger charge is 2.31. The number of rotatable bonds is 4. The van der Waals surface area contributed by atoms with Gasteiger partial charge in [-0.05, 0) is 58.7 Å². The Balaban J connectivity index is 1.51. The highest BCUT2D eigenvalue weighted by atomic mass is 19.4. The zero-order valence-corrected chi connectivity index (χ0v) is 20.2. The van der Waals surface area contributed by atoms with Gasteiger partial charge in [-0.25, -0.2) is 0 Å². The number of H-pyrrole nitrogens is 2. The second kappa shape index (κ2) is 9.08. The Labute approximate surface area is 218 Å². The van der Waals surface area contributed by atoms with Crippen LogP contribution in [0, 0.1) is 0 Å². The fourth-order valence-corrected chi connectivity index (χ4v) is 5.09. The highest BCUT2D eigenvalue weighted by molar-refractivity contribution is 5.95. The van der Waals surface area contributed by atoms with Gasteiger partial charge in [-0.1, -0.05) is 60.7 Å². The van der Waals surface area contributed by atoms with Crippen molar-refractivity contribution in [3.05, 3.63) is 119 Å². The lowest BCUT2D eigenvalue weighted by atomic mass is 9.94. The first-order chi connectivity index (χ1) is 18.6. The van der Waals surface area contributed by atoms with Gasteiger partial charge in [0.1, 0.15) is 0 Å². The summed E-state index contributed by atoms with van der Waals surface area (Å²) >= 11 is 0. The molecule has 39 heavy (non-hydrogen) atoms. The summed E-state index contributed by atoms with van der Waals surface area (Å²) in [6, 6.07) is 25.3. The van der Waals surface area contributed by atoms with Crippen LogP contribution in [0.3, 0.4) is 0 Å². The molecular formula is C31H20F6N2. The van der Waals surface area contributed by atoms with Crippen molar-refractivity contribution in [2.45, 2.75) is 18.8 Å². The quantitative estimate of drug-likeness (QED) is 0.211. The van der Waals surface area contributed by atoms with Crippen LogP contribution in [-0.2, 0) is 18.8 Å². The zero-order chi connectivity index (χ0) is 27.4. The highest BCUT2D eigenvalue weighted by Crippen LogP contribution is 2.39. The van der Waals surface area contributed by atoms with E-state index < -0.39 is 23.5 Å². The first-order valence-electron chi connectivity index (χ1n) is 12.1. The minimum atomic E-state index is -4.44. The van der Waals surface area contributed by atoms with Gasteiger partial charge in [0.15, 0.2) is 0 Å². The Morgan fingerprint density at radius 1 is 0.462 bits per heavy atom. The van der Waals surface area contributed by atoms with Gasteiger partial charge >= 0.3 is 12.4 Å². The molecule has 6 rings (SSSR count). The van der Waals surface area contributed by atoms with Crippen molar-refractivity contribution in [2.75, 3.05) is 0 Å². The molecule has 0 saturated carbocycles. The number of fused-ring (bicyclic) bond motifs is 2. The molecule has 0 radical (unpaired) electrons. The second-order valence-electron chi connectivity index (χ2n) is 9.38. The van der Waals surface area contributed by atoms with Crippen molar-refractivity contribution >= 4 is 21.8 Å². The van der Waals surface area contributed by atoms with Crippen molar-refractivity contribution in [1.29, 1.82) is 0 Å². The van der Waals surface area contributed by atoms with Crippen molar-refractivity contribution in [2.24, 2.45) is 0 Å². The summed E-state index contributed by atoms with van der Waals surface area (Å²) in [6.07, 6.45) is -8.49. The monoisotopic (exact) mass is 534 g/mol. The first-order valence-corrected chi connectivity index (χ1v) is 12.1. The predicted molar refractivity (Wildman–Crippen MR) is 140 cm³/mol. The van der Waals surface area contributed by atoms with Crippen LogP contribution in [0.4, 0.5) is 26.3 Å². The molecule has 0 atom stereocenters. The van der Waals surface area contributed by atoms with E-state index in [1.54, 1.807) is 0 Å². The summed E-state index contributed by atoms with van der Waals surface area (Å²) in [4.78, 5) is 6.73. The molecule has 0 aliphatic rings. The van der Waals surface area contributed by atoms with Crippen LogP contribution in [0.2, 0.25) is 0 Å². The molecule has 0 unspecified atom stereocenters. The number of hydrogen-bond donors (Lipinski definition) is 2. The van der Waals surface area contributed by atoms with Crippen LogP contribution < -0.4 is 0 Å². The van der Waals surface area contributed by atoms with Gasteiger partial charge in [-0.2, -0.15) is 26.3 Å². The third-order valence-electron chi connectivity index (χ3n) is 6.98. The number of aromatic nitrogens is 2. The summed E-state index contributed by atoms with van der Waals surface area (Å²) < 4.78 is 79.1. The maximum atomic E-state index is 13.2. The lowest BCUT2D eigenvalue weighted by molar-refractivity contribution is -0.138. The lowest BCUT2D eigenvalue weighted by Crippen LogP contribution is -2.04. The number of nitrogens with one attached hydrogen (secondary N) is 2. The molecule has 0 spiro atoms. The number of halogens is 6. The topological polar surface area (TPSA) is 31.6 Å². The number of alkyl halides is 6. The zero-order valence-electron chi connectivity index (χ0n) is 20.2. The van der Waals surface area contributed by atoms with E-state index in [1.165, 1.54) is 24.3 Å². The van der Waals surface area contributed by atoms with E-state index >= 15 is 0 Å². The maximum absolute atomic E-state index is 13.2. The molecule has 4 aromatic carbocycles. The summed E-state index contributed by atoms with van der Waals surface area (Å²) in [7, 11) is 0. The summed E-state index contributed by atoms with van der Waals surface area (Å²) in [5.74, 6) is 0. The number of aromatic amines is 2. The molecule has 0 bridgehead atoms. The average Bonchev–Trinajstić information content (AvgIpc) is 3.47. The van der Waals surface area contributed by atoms with E-state index in [1.807, 2.05) is 48.5 Å². The lowest BCUT2D eigenvalue weighted by Gasteiger charge is -2.11. The third-order valence-corrected chi connectivity index (χ3v) is 6.98. The molecule has 0 amide bonds. The Bertz CT molecular complexity index is 1650. The third kappa shape index (κ3) is 4.56. The van der Waals surface area contributed by atoms with Gasteiger partial charge < -0.3 is 9.97 Å². The molecule has 2 N–H and O–H groups in total.